The molecule has 1 unspecified atom stereocenters. The summed E-state index contributed by atoms with van der Waals surface area (Å²) in [6.45, 7) is 2.99. The third-order valence-electron chi connectivity index (χ3n) is 8.11. The largest absolute Gasteiger partial charge is 0.418 e. The Hall–Kier alpha value is -4.46. The number of amides is 4. The number of aryl methyl sites for hydroxylation is 1. The van der Waals surface area contributed by atoms with Crippen LogP contribution in [0.1, 0.15) is 49.1 Å². The average molecular weight is 619 g/mol. The number of nitrogens with two attached hydrogens (primary N) is 1. The number of aromatic nitrogens is 1. The van der Waals surface area contributed by atoms with Crippen LogP contribution in [-0.2, 0) is 44.6 Å². The smallest absolute Gasteiger partial charge is 0.358 e. The summed E-state index contributed by atoms with van der Waals surface area (Å²) in [6, 6.07) is 8.35. The number of carbonyl (C=O) groups excluding carboxylic acids is 4. The first-order valence-corrected chi connectivity index (χ1v) is 14.1. The first-order chi connectivity index (χ1) is 20.8. The molecule has 10 nitrogen and oxygen atoms in total. The number of fused-ring (bicyclic) bond motifs is 3. The molecule has 1 aromatic heterocycles. The number of alkyl halides is 3. The number of rotatable bonds is 10. The van der Waals surface area contributed by atoms with Crippen LogP contribution >= 0.6 is 0 Å². The van der Waals surface area contributed by atoms with E-state index in [0.717, 1.165) is 6.07 Å². The van der Waals surface area contributed by atoms with E-state index in [0.29, 0.717) is 17.7 Å². The highest BCUT2D eigenvalue weighted by Crippen LogP contribution is 2.40. The van der Waals surface area contributed by atoms with E-state index in [1.165, 1.54) is 30.3 Å². The van der Waals surface area contributed by atoms with Gasteiger partial charge in [-0.05, 0) is 42.0 Å². The number of hydrazine groups is 1. The quantitative estimate of drug-likeness (QED) is 0.0891. The summed E-state index contributed by atoms with van der Waals surface area (Å²) in [5.41, 5.74) is 0.383. The van der Waals surface area contributed by atoms with Gasteiger partial charge in [0, 0.05) is 17.5 Å². The van der Waals surface area contributed by atoms with Crippen LogP contribution in [0, 0.1) is 11.7 Å². The van der Waals surface area contributed by atoms with Crippen LogP contribution in [0.25, 0.3) is 10.9 Å². The lowest BCUT2D eigenvalue weighted by Gasteiger charge is -2.38. The molecule has 4 rings (SSSR count). The topological polar surface area (TPSA) is 158 Å². The highest BCUT2D eigenvalue weighted by molar-refractivity contribution is 5.98. The van der Waals surface area contributed by atoms with Crippen LogP contribution in [0.2, 0.25) is 0 Å². The summed E-state index contributed by atoms with van der Waals surface area (Å²) in [4.78, 5) is 55.0. The Labute approximate surface area is 250 Å². The van der Waals surface area contributed by atoms with Crippen molar-refractivity contribution in [1.29, 1.82) is 0 Å². The van der Waals surface area contributed by atoms with Crippen molar-refractivity contribution in [3.63, 3.8) is 0 Å². The van der Waals surface area contributed by atoms with E-state index in [1.807, 2.05) is 12.3 Å². The SMILES string of the molecule is CC[C@H](C)C(NC(=O)[C@@]1(NC(=O)CNC(=O)Cc2ccccc2F)CCc2[nH]c3c(C(F)(F)F)cccc3c2C1)C(=O)NN. The van der Waals surface area contributed by atoms with Crippen LogP contribution in [0.4, 0.5) is 17.6 Å². The van der Waals surface area contributed by atoms with E-state index in [9.17, 15) is 36.7 Å². The molecule has 0 radical (unpaired) electrons. The monoisotopic (exact) mass is 618 g/mol. The van der Waals surface area contributed by atoms with Crippen molar-refractivity contribution in [2.75, 3.05) is 6.54 Å². The van der Waals surface area contributed by atoms with E-state index in [2.05, 4.69) is 20.9 Å². The summed E-state index contributed by atoms with van der Waals surface area (Å²) >= 11 is 0. The van der Waals surface area contributed by atoms with E-state index >= 15 is 0 Å². The Kier molecular flexibility index (Phi) is 9.62. The second-order valence-electron chi connectivity index (χ2n) is 11.0. The second kappa shape index (κ2) is 13.0. The third kappa shape index (κ3) is 6.85. The summed E-state index contributed by atoms with van der Waals surface area (Å²) in [5.74, 6) is 1.63. The Bertz CT molecular complexity index is 1570. The zero-order chi connectivity index (χ0) is 32.2. The fraction of sp³-hybridized carbons (Fsp3) is 0.400. The summed E-state index contributed by atoms with van der Waals surface area (Å²) in [5, 5.41) is 8.02. The van der Waals surface area contributed by atoms with Gasteiger partial charge in [0.15, 0.2) is 0 Å². The van der Waals surface area contributed by atoms with Gasteiger partial charge in [-0.2, -0.15) is 13.2 Å². The lowest BCUT2D eigenvalue weighted by Crippen LogP contribution is -2.65. The Morgan fingerprint density at radius 3 is 2.45 bits per heavy atom. The molecule has 236 valence electrons. The lowest BCUT2D eigenvalue weighted by molar-refractivity contribution is -0.137. The minimum absolute atomic E-state index is 0.0214. The van der Waals surface area contributed by atoms with Crippen molar-refractivity contribution in [3.05, 3.63) is 70.7 Å². The molecule has 3 aromatic rings. The molecule has 2 aromatic carbocycles. The van der Waals surface area contributed by atoms with E-state index in [1.54, 1.807) is 13.0 Å². The zero-order valence-electron chi connectivity index (χ0n) is 24.2. The minimum Gasteiger partial charge on any atom is -0.358 e. The van der Waals surface area contributed by atoms with Crippen LogP contribution in [0.5, 0.6) is 0 Å². The van der Waals surface area contributed by atoms with Crippen molar-refractivity contribution < 1.29 is 36.7 Å². The predicted octanol–water partition coefficient (Wildman–Crippen LogP) is 2.55. The molecule has 0 spiro atoms. The van der Waals surface area contributed by atoms with Crippen LogP contribution in [-0.4, -0.2) is 46.7 Å². The Morgan fingerprint density at radius 1 is 1.07 bits per heavy atom. The number of benzene rings is 2. The number of para-hydroxylation sites is 1. The van der Waals surface area contributed by atoms with Crippen LogP contribution in [0.15, 0.2) is 42.5 Å². The molecular formula is C30H34F4N6O4. The first kappa shape index (κ1) is 32.5. The van der Waals surface area contributed by atoms with Gasteiger partial charge >= 0.3 is 6.18 Å². The van der Waals surface area contributed by atoms with Crippen molar-refractivity contribution in [3.8, 4) is 0 Å². The lowest BCUT2D eigenvalue weighted by atomic mass is 9.78. The van der Waals surface area contributed by atoms with Gasteiger partial charge in [-0.1, -0.05) is 50.6 Å². The van der Waals surface area contributed by atoms with Gasteiger partial charge < -0.3 is 20.9 Å². The molecule has 3 atom stereocenters. The van der Waals surface area contributed by atoms with Gasteiger partial charge in [0.2, 0.25) is 17.7 Å². The molecule has 0 saturated heterocycles. The van der Waals surface area contributed by atoms with Gasteiger partial charge in [0.1, 0.15) is 17.4 Å². The maximum Gasteiger partial charge on any atom is 0.418 e. The molecular weight excluding hydrogens is 584 g/mol. The van der Waals surface area contributed by atoms with Crippen LogP contribution in [0.3, 0.4) is 0 Å². The fourth-order valence-corrected chi connectivity index (χ4v) is 5.50. The van der Waals surface area contributed by atoms with Gasteiger partial charge in [-0.25, -0.2) is 10.2 Å². The molecule has 0 aliphatic heterocycles. The number of carbonyl (C=O) groups is 4. The first-order valence-electron chi connectivity index (χ1n) is 14.1. The summed E-state index contributed by atoms with van der Waals surface area (Å²) in [7, 11) is 0. The van der Waals surface area contributed by atoms with E-state index in [4.69, 9.17) is 5.84 Å². The number of halogens is 4. The molecule has 0 bridgehead atoms. The maximum absolute atomic E-state index is 14.0. The number of H-pyrrole nitrogens is 1. The standard InChI is InChI=1S/C30H34F4N6O4/c1-3-16(2)25(27(43)40-35)38-28(44)29(39-24(42)15-36-23(41)13-17-7-4-5-10-21(17)31)12-11-22-19(14-29)18-8-6-9-20(26(18)37-22)30(32,33)34/h4-10,16,25,37H,3,11-15,35H2,1-2H3,(H,36,41)(H,38,44)(H,39,42)(H,40,43)/t16-,25?,29+/m0/s1. The number of hydrogen-bond donors (Lipinski definition) is 6. The second-order valence-corrected chi connectivity index (χ2v) is 11.0. The van der Waals surface area contributed by atoms with Gasteiger partial charge in [-0.3, -0.25) is 24.6 Å². The molecule has 4 amide bonds. The fourth-order valence-electron chi connectivity index (χ4n) is 5.50. The van der Waals surface area contributed by atoms with Crippen LogP contribution < -0.4 is 27.2 Å². The molecule has 0 fully saturated rings. The molecule has 44 heavy (non-hydrogen) atoms. The summed E-state index contributed by atoms with van der Waals surface area (Å²) < 4.78 is 55.2. The molecule has 1 heterocycles. The van der Waals surface area contributed by atoms with Crippen molar-refractivity contribution in [2.45, 2.75) is 63.7 Å². The number of aromatic amines is 1. The Morgan fingerprint density at radius 2 is 1.80 bits per heavy atom. The van der Waals surface area contributed by atoms with Gasteiger partial charge in [0.05, 0.1) is 24.0 Å². The van der Waals surface area contributed by atoms with E-state index in [-0.39, 0.29) is 48.1 Å². The maximum atomic E-state index is 14.0. The van der Waals surface area contributed by atoms with E-state index < -0.39 is 59.3 Å². The Balaban J connectivity index is 1.63. The van der Waals surface area contributed by atoms with Crippen molar-refractivity contribution >= 4 is 34.5 Å². The zero-order valence-corrected chi connectivity index (χ0v) is 24.2. The third-order valence-corrected chi connectivity index (χ3v) is 8.11. The molecule has 14 heteroatoms. The number of hydrogen-bond acceptors (Lipinski definition) is 5. The molecule has 0 saturated carbocycles. The minimum atomic E-state index is -4.63. The molecule has 1 aliphatic rings. The predicted molar refractivity (Wildman–Crippen MR) is 153 cm³/mol. The average Bonchev–Trinajstić information content (AvgIpc) is 3.36. The molecule has 7 N–H and O–H groups in total. The highest BCUT2D eigenvalue weighted by Gasteiger charge is 2.46. The van der Waals surface area contributed by atoms with Gasteiger partial charge in [0.25, 0.3) is 5.91 Å². The normalized spacial score (nSPS) is 17.7. The van der Waals surface area contributed by atoms with Gasteiger partial charge in [-0.15, -0.1) is 0 Å². The summed E-state index contributed by atoms with van der Waals surface area (Å²) in [6.07, 6.45) is -4.56. The van der Waals surface area contributed by atoms with Crippen molar-refractivity contribution in [1.82, 2.24) is 26.4 Å². The van der Waals surface area contributed by atoms with Crippen molar-refractivity contribution in [2.24, 2.45) is 11.8 Å². The number of nitrogens with one attached hydrogen (secondary N) is 5. The molecule has 1 aliphatic carbocycles. The highest BCUT2D eigenvalue weighted by atomic mass is 19.4.